The molecule has 0 N–H and O–H groups in total. The Kier molecular flexibility index (Phi) is 4.57. The summed E-state index contributed by atoms with van der Waals surface area (Å²) in [7, 11) is -0.286. The van der Waals surface area contributed by atoms with Gasteiger partial charge in [-0.05, 0) is 45.1 Å². The van der Waals surface area contributed by atoms with E-state index in [0.29, 0.717) is 6.61 Å². The van der Waals surface area contributed by atoms with Crippen molar-refractivity contribution in [3.05, 3.63) is 29.8 Å². The molecule has 3 nitrogen and oxygen atoms in total. The molecule has 1 fully saturated rings. The molecule has 0 bridgehead atoms. The highest BCUT2D eigenvalue weighted by Crippen LogP contribution is 2.36. The van der Waals surface area contributed by atoms with Crippen molar-refractivity contribution in [2.45, 2.75) is 58.8 Å². The minimum Gasteiger partial charge on any atom is -0.399 e. The molecule has 0 aromatic heterocycles. The second-order valence-corrected chi connectivity index (χ2v) is 6.38. The van der Waals surface area contributed by atoms with Crippen LogP contribution in [-0.4, -0.2) is 24.9 Å². The largest absolute Gasteiger partial charge is 0.494 e. The number of hydrogen-bond acceptors (Lipinski definition) is 3. The zero-order valence-corrected chi connectivity index (χ0v) is 13.2. The number of benzene rings is 1. The standard InChI is InChI=1S/C16H25BO3/c1-6-11-18-12-13-7-9-14(10-8-13)17-19-15(2,3)16(4,5)20-17/h7-10H,6,11-12H2,1-5H3. The van der Waals surface area contributed by atoms with Crippen LogP contribution in [0, 0.1) is 0 Å². The summed E-state index contributed by atoms with van der Waals surface area (Å²) in [6, 6.07) is 8.28. The molecule has 0 aliphatic carbocycles. The number of hydrogen-bond donors (Lipinski definition) is 0. The molecule has 0 radical (unpaired) electrons. The van der Waals surface area contributed by atoms with Crippen LogP contribution in [0.25, 0.3) is 0 Å². The van der Waals surface area contributed by atoms with E-state index in [4.69, 9.17) is 14.0 Å². The maximum Gasteiger partial charge on any atom is 0.494 e. The maximum absolute atomic E-state index is 6.04. The summed E-state index contributed by atoms with van der Waals surface area (Å²) in [6.45, 7) is 11.9. The lowest BCUT2D eigenvalue weighted by Crippen LogP contribution is -2.41. The third kappa shape index (κ3) is 3.25. The van der Waals surface area contributed by atoms with Crippen molar-refractivity contribution in [3.63, 3.8) is 0 Å². The third-order valence-electron chi connectivity index (χ3n) is 4.12. The van der Waals surface area contributed by atoms with E-state index in [9.17, 15) is 0 Å². The molecule has 1 aliphatic rings. The van der Waals surface area contributed by atoms with Crippen molar-refractivity contribution in [3.8, 4) is 0 Å². The van der Waals surface area contributed by atoms with Gasteiger partial charge in [0.2, 0.25) is 0 Å². The zero-order valence-electron chi connectivity index (χ0n) is 13.2. The minimum absolute atomic E-state index is 0.286. The Morgan fingerprint density at radius 2 is 1.55 bits per heavy atom. The van der Waals surface area contributed by atoms with Crippen LogP contribution in [0.5, 0.6) is 0 Å². The third-order valence-corrected chi connectivity index (χ3v) is 4.12. The van der Waals surface area contributed by atoms with E-state index in [1.165, 1.54) is 5.56 Å². The van der Waals surface area contributed by atoms with E-state index in [0.717, 1.165) is 18.5 Å². The van der Waals surface area contributed by atoms with Crippen molar-refractivity contribution >= 4 is 12.6 Å². The summed E-state index contributed by atoms with van der Waals surface area (Å²) in [5, 5.41) is 0. The van der Waals surface area contributed by atoms with Crippen LogP contribution in [-0.2, 0) is 20.7 Å². The van der Waals surface area contributed by atoms with Crippen LogP contribution in [0.3, 0.4) is 0 Å². The van der Waals surface area contributed by atoms with Gasteiger partial charge in [0.05, 0.1) is 17.8 Å². The van der Waals surface area contributed by atoms with E-state index < -0.39 is 0 Å². The molecule has 1 saturated heterocycles. The lowest BCUT2D eigenvalue weighted by atomic mass is 9.79. The van der Waals surface area contributed by atoms with Gasteiger partial charge in [-0.15, -0.1) is 0 Å². The predicted octanol–water partition coefficient (Wildman–Crippen LogP) is 2.91. The van der Waals surface area contributed by atoms with Crippen LogP contribution in [0.4, 0.5) is 0 Å². The summed E-state index contributed by atoms with van der Waals surface area (Å²) in [6.07, 6.45) is 1.05. The average molecular weight is 276 g/mol. The molecule has 4 heteroatoms. The summed E-state index contributed by atoms with van der Waals surface area (Å²) in [5.41, 5.74) is 1.66. The van der Waals surface area contributed by atoms with Crippen LogP contribution < -0.4 is 5.46 Å². The van der Waals surface area contributed by atoms with E-state index in [1.807, 2.05) is 0 Å². The zero-order chi connectivity index (χ0) is 14.8. The van der Waals surface area contributed by atoms with Gasteiger partial charge in [-0.3, -0.25) is 0 Å². The lowest BCUT2D eigenvalue weighted by molar-refractivity contribution is 0.00578. The van der Waals surface area contributed by atoms with Gasteiger partial charge in [-0.25, -0.2) is 0 Å². The molecule has 1 heterocycles. The molecular weight excluding hydrogens is 251 g/mol. The van der Waals surface area contributed by atoms with Crippen molar-refractivity contribution < 1.29 is 14.0 Å². The summed E-state index contributed by atoms with van der Waals surface area (Å²) >= 11 is 0. The van der Waals surface area contributed by atoms with Crippen LogP contribution >= 0.6 is 0 Å². The Morgan fingerprint density at radius 3 is 2.05 bits per heavy atom. The molecule has 2 rings (SSSR count). The molecule has 20 heavy (non-hydrogen) atoms. The topological polar surface area (TPSA) is 27.7 Å². The highest BCUT2D eigenvalue weighted by Gasteiger charge is 2.51. The van der Waals surface area contributed by atoms with E-state index in [1.54, 1.807) is 0 Å². The normalized spacial score (nSPS) is 20.4. The molecule has 0 unspecified atom stereocenters. The highest BCUT2D eigenvalue weighted by molar-refractivity contribution is 6.62. The van der Waals surface area contributed by atoms with E-state index in [-0.39, 0.29) is 18.3 Å². The summed E-state index contributed by atoms with van der Waals surface area (Å²) in [5.74, 6) is 0. The quantitative estimate of drug-likeness (QED) is 0.611. The predicted molar refractivity (Wildman–Crippen MR) is 82.1 cm³/mol. The van der Waals surface area contributed by atoms with E-state index >= 15 is 0 Å². The van der Waals surface area contributed by atoms with Crippen molar-refractivity contribution in [2.75, 3.05) is 6.61 Å². The van der Waals surface area contributed by atoms with Gasteiger partial charge in [0.15, 0.2) is 0 Å². The van der Waals surface area contributed by atoms with Crippen molar-refractivity contribution in [1.82, 2.24) is 0 Å². The fourth-order valence-corrected chi connectivity index (χ4v) is 2.08. The first kappa shape index (κ1) is 15.6. The van der Waals surface area contributed by atoms with Crippen molar-refractivity contribution in [2.24, 2.45) is 0 Å². The van der Waals surface area contributed by atoms with E-state index in [2.05, 4.69) is 58.9 Å². The van der Waals surface area contributed by atoms with Crippen molar-refractivity contribution in [1.29, 1.82) is 0 Å². The van der Waals surface area contributed by atoms with Gasteiger partial charge in [0, 0.05) is 6.61 Å². The second-order valence-electron chi connectivity index (χ2n) is 6.38. The van der Waals surface area contributed by atoms with Gasteiger partial charge in [-0.1, -0.05) is 31.2 Å². The van der Waals surface area contributed by atoms with Gasteiger partial charge in [-0.2, -0.15) is 0 Å². The molecule has 1 aromatic carbocycles. The summed E-state index contributed by atoms with van der Waals surface area (Å²) in [4.78, 5) is 0. The first-order chi connectivity index (χ1) is 9.36. The maximum atomic E-state index is 6.04. The Labute approximate surface area is 122 Å². The molecule has 0 atom stereocenters. The molecule has 1 aliphatic heterocycles. The second kappa shape index (κ2) is 5.88. The lowest BCUT2D eigenvalue weighted by Gasteiger charge is -2.32. The van der Waals surface area contributed by atoms with Crippen LogP contribution in [0.1, 0.15) is 46.6 Å². The smallest absolute Gasteiger partial charge is 0.399 e. The first-order valence-corrected chi connectivity index (χ1v) is 7.38. The molecular formula is C16H25BO3. The highest BCUT2D eigenvalue weighted by atomic mass is 16.7. The Morgan fingerprint density at radius 1 is 1.00 bits per heavy atom. The average Bonchev–Trinajstić information content (AvgIpc) is 2.60. The van der Waals surface area contributed by atoms with Gasteiger partial charge < -0.3 is 14.0 Å². The fourth-order valence-electron chi connectivity index (χ4n) is 2.08. The van der Waals surface area contributed by atoms with Gasteiger partial charge in [0.25, 0.3) is 0 Å². The Bertz CT molecular complexity index is 424. The Hall–Kier alpha value is -0.835. The first-order valence-electron chi connectivity index (χ1n) is 7.38. The Balaban J connectivity index is 2.01. The molecule has 110 valence electrons. The molecule has 0 amide bonds. The van der Waals surface area contributed by atoms with Crippen LogP contribution in [0.2, 0.25) is 0 Å². The number of rotatable bonds is 5. The van der Waals surface area contributed by atoms with Gasteiger partial charge in [0.1, 0.15) is 0 Å². The molecule has 0 spiro atoms. The van der Waals surface area contributed by atoms with Gasteiger partial charge >= 0.3 is 7.12 Å². The monoisotopic (exact) mass is 276 g/mol. The SMILES string of the molecule is CCCOCc1ccc(B2OC(C)(C)C(C)(C)O2)cc1. The number of ether oxygens (including phenoxy) is 1. The summed E-state index contributed by atoms with van der Waals surface area (Å²) < 4.78 is 17.6. The molecule has 1 aromatic rings. The minimum atomic E-state index is -0.291. The molecule has 0 saturated carbocycles. The fraction of sp³-hybridized carbons (Fsp3) is 0.625. The van der Waals surface area contributed by atoms with Crippen LogP contribution in [0.15, 0.2) is 24.3 Å².